The lowest BCUT2D eigenvalue weighted by atomic mass is 10.1. The molecule has 4 heteroatoms. The fourth-order valence-electron chi connectivity index (χ4n) is 1.86. The Balaban J connectivity index is 2.06. The Bertz CT molecular complexity index is 607. The smallest absolute Gasteiger partial charge is 0.335 e. The van der Waals surface area contributed by atoms with Gasteiger partial charge in [0.05, 0.1) is 12.2 Å². The van der Waals surface area contributed by atoms with Crippen molar-refractivity contribution in [2.75, 3.05) is 6.61 Å². The number of benzene rings is 2. The Morgan fingerprint density at radius 3 is 2.43 bits per heavy atom. The van der Waals surface area contributed by atoms with E-state index < -0.39 is 5.97 Å². The standard InChI is InChI=1S/C17H18O4/c1-2-10-20-15-8-3-4-9-16(15)21-12-13-6-5-7-14(11-13)17(18)19/h3-9,11H,2,10,12H2,1H3,(H,18,19). The second-order valence-corrected chi connectivity index (χ2v) is 4.59. The molecule has 0 spiro atoms. The number of aromatic carboxylic acids is 1. The molecule has 0 radical (unpaired) electrons. The molecule has 0 aliphatic heterocycles. The molecule has 1 N–H and O–H groups in total. The number of carbonyl (C=O) groups is 1. The van der Waals surface area contributed by atoms with E-state index >= 15 is 0 Å². The Kier molecular flexibility index (Phi) is 5.21. The fraction of sp³-hybridized carbons (Fsp3) is 0.235. The topological polar surface area (TPSA) is 55.8 Å². The van der Waals surface area contributed by atoms with Crippen molar-refractivity contribution >= 4 is 5.97 Å². The molecule has 0 atom stereocenters. The van der Waals surface area contributed by atoms with Crippen LogP contribution in [0.1, 0.15) is 29.3 Å². The highest BCUT2D eigenvalue weighted by Crippen LogP contribution is 2.27. The van der Waals surface area contributed by atoms with E-state index in [9.17, 15) is 4.79 Å². The Morgan fingerprint density at radius 2 is 1.76 bits per heavy atom. The van der Waals surface area contributed by atoms with Crippen LogP contribution in [0, 0.1) is 0 Å². The third kappa shape index (κ3) is 4.24. The van der Waals surface area contributed by atoms with Gasteiger partial charge in [-0.15, -0.1) is 0 Å². The maximum Gasteiger partial charge on any atom is 0.335 e. The molecular formula is C17H18O4. The summed E-state index contributed by atoms with van der Waals surface area (Å²) in [5.74, 6) is 0.420. The van der Waals surface area contributed by atoms with Crippen LogP contribution >= 0.6 is 0 Å². The third-order valence-corrected chi connectivity index (χ3v) is 2.88. The first-order valence-electron chi connectivity index (χ1n) is 6.87. The van der Waals surface area contributed by atoms with Crippen molar-refractivity contribution in [2.24, 2.45) is 0 Å². The van der Waals surface area contributed by atoms with Crippen molar-refractivity contribution in [1.29, 1.82) is 0 Å². The SMILES string of the molecule is CCCOc1ccccc1OCc1cccc(C(=O)O)c1. The summed E-state index contributed by atoms with van der Waals surface area (Å²) in [4.78, 5) is 10.9. The van der Waals surface area contributed by atoms with Gasteiger partial charge in [0.2, 0.25) is 0 Å². The average molecular weight is 286 g/mol. The van der Waals surface area contributed by atoms with Gasteiger partial charge in [0.25, 0.3) is 0 Å². The van der Waals surface area contributed by atoms with Crippen molar-refractivity contribution in [1.82, 2.24) is 0 Å². The lowest BCUT2D eigenvalue weighted by Crippen LogP contribution is -2.02. The predicted octanol–water partition coefficient (Wildman–Crippen LogP) is 3.75. The Morgan fingerprint density at radius 1 is 1.05 bits per heavy atom. The Labute approximate surface area is 123 Å². The lowest BCUT2D eigenvalue weighted by Gasteiger charge is -2.12. The Hall–Kier alpha value is -2.49. The highest BCUT2D eigenvalue weighted by Gasteiger charge is 2.06. The summed E-state index contributed by atoms with van der Waals surface area (Å²) in [6.45, 7) is 2.98. The van der Waals surface area contributed by atoms with Gasteiger partial charge in [-0.1, -0.05) is 31.2 Å². The zero-order chi connectivity index (χ0) is 15.1. The van der Waals surface area contributed by atoms with Crippen molar-refractivity contribution in [3.63, 3.8) is 0 Å². The molecular weight excluding hydrogens is 268 g/mol. The maximum atomic E-state index is 10.9. The molecule has 2 aromatic rings. The molecule has 21 heavy (non-hydrogen) atoms. The van der Waals surface area contributed by atoms with Gasteiger partial charge in [0.1, 0.15) is 6.61 Å². The van der Waals surface area contributed by atoms with Gasteiger partial charge < -0.3 is 14.6 Å². The molecule has 110 valence electrons. The minimum atomic E-state index is -0.941. The van der Waals surface area contributed by atoms with Crippen LogP contribution in [0.5, 0.6) is 11.5 Å². The van der Waals surface area contributed by atoms with Crippen LogP contribution in [0.4, 0.5) is 0 Å². The fourth-order valence-corrected chi connectivity index (χ4v) is 1.86. The van der Waals surface area contributed by atoms with Gasteiger partial charge in [-0.05, 0) is 36.2 Å². The molecule has 2 aromatic carbocycles. The van der Waals surface area contributed by atoms with Crippen molar-refractivity contribution in [3.05, 3.63) is 59.7 Å². The van der Waals surface area contributed by atoms with Crippen LogP contribution in [0.3, 0.4) is 0 Å². The molecule has 0 unspecified atom stereocenters. The van der Waals surface area contributed by atoms with Crippen molar-refractivity contribution in [3.8, 4) is 11.5 Å². The highest BCUT2D eigenvalue weighted by atomic mass is 16.5. The first-order chi connectivity index (χ1) is 10.2. The van der Waals surface area contributed by atoms with Crippen LogP contribution in [0.2, 0.25) is 0 Å². The molecule has 0 amide bonds. The van der Waals surface area contributed by atoms with E-state index in [1.165, 1.54) is 0 Å². The molecule has 2 rings (SSSR count). The summed E-state index contributed by atoms with van der Waals surface area (Å²) in [5.41, 5.74) is 1.06. The van der Waals surface area contributed by atoms with Crippen LogP contribution in [-0.2, 0) is 6.61 Å². The van der Waals surface area contributed by atoms with Gasteiger partial charge in [-0.2, -0.15) is 0 Å². The van der Waals surface area contributed by atoms with Gasteiger partial charge in [-0.25, -0.2) is 4.79 Å². The third-order valence-electron chi connectivity index (χ3n) is 2.88. The van der Waals surface area contributed by atoms with E-state index in [1.54, 1.807) is 18.2 Å². The normalized spacial score (nSPS) is 10.1. The molecule has 0 aliphatic rings. The van der Waals surface area contributed by atoms with Crippen LogP contribution < -0.4 is 9.47 Å². The summed E-state index contributed by atoms with van der Waals surface area (Å²) < 4.78 is 11.4. The molecule has 0 aromatic heterocycles. The summed E-state index contributed by atoms with van der Waals surface area (Å²) >= 11 is 0. The lowest BCUT2D eigenvalue weighted by molar-refractivity contribution is 0.0696. The second-order valence-electron chi connectivity index (χ2n) is 4.59. The molecule has 0 fully saturated rings. The zero-order valence-corrected chi connectivity index (χ0v) is 11.9. The zero-order valence-electron chi connectivity index (χ0n) is 11.9. The monoisotopic (exact) mass is 286 g/mol. The summed E-state index contributed by atoms with van der Waals surface area (Å²) in [7, 11) is 0. The van der Waals surface area contributed by atoms with Crippen LogP contribution in [0.25, 0.3) is 0 Å². The minimum Gasteiger partial charge on any atom is -0.490 e. The largest absolute Gasteiger partial charge is 0.490 e. The molecule has 0 bridgehead atoms. The number of para-hydroxylation sites is 2. The van der Waals surface area contributed by atoms with E-state index in [1.807, 2.05) is 37.3 Å². The molecule has 4 nitrogen and oxygen atoms in total. The first-order valence-corrected chi connectivity index (χ1v) is 6.87. The predicted molar refractivity (Wildman–Crippen MR) is 80.0 cm³/mol. The van der Waals surface area contributed by atoms with Gasteiger partial charge in [-0.3, -0.25) is 0 Å². The molecule has 0 saturated heterocycles. The average Bonchev–Trinajstić information content (AvgIpc) is 2.52. The van der Waals surface area contributed by atoms with Crippen molar-refractivity contribution < 1.29 is 19.4 Å². The number of rotatable bonds is 7. The number of hydrogen-bond donors (Lipinski definition) is 1. The van der Waals surface area contributed by atoms with Gasteiger partial charge >= 0.3 is 5.97 Å². The van der Waals surface area contributed by atoms with E-state index in [4.69, 9.17) is 14.6 Å². The molecule has 0 saturated carbocycles. The maximum absolute atomic E-state index is 10.9. The quantitative estimate of drug-likeness (QED) is 0.842. The van der Waals surface area contributed by atoms with E-state index in [-0.39, 0.29) is 5.56 Å². The number of carboxylic acid groups (broad SMARTS) is 1. The second kappa shape index (κ2) is 7.33. The number of ether oxygens (including phenoxy) is 2. The van der Waals surface area contributed by atoms with E-state index in [0.717, 1.165) is 12.0 Å². The van der Waals surface area contributed by atoms with E-state index in [2.05, 4.69) is 0 Å². The molecule has 0 heterocycles. The summed E-state index contributed by atoms with van der Waals surface area (Å²) in [6, 6.07) is 14.2. The number of carboxylic acids is 1. The van der Waals surface area contributed by atoms with Crippen LogP contribution in [0.15, 0.2) is 48.5 Å². The van der Waals surface area contributed by atoms with E-state index in [0.29, 0.717) is 24.7 Å². The minimum absolute atomic E-state index is 0.256. The first kappa shape index (κ1) is 14.9. The van der Waals surface area contributed by atoms with Gasteiger partial charge in [0, 0.05) is 0 Å². The summed E-state index contributed by atoms with van der Waals surface area (Å²) in [5, 5.41) is 8.97. The highest BCUT2D eigenvalue weighted by molar-refractivity contribution is 5.87. The van der Waals surface area contributed by atoms with Crippen LogP contribution in [-0.4, -0.2) is 17.7 Å². The summed E-state index contributed by atoms with van der Waals surface area (Å²) in [6.07, 6.45) is 0.926. The molecule has 0 aliphatic carbocycles. The number of hydrogen-bond acceptors (Lipinski definition) is 3. The van der Waals surface area contributed by atoms with Crippen molar-refractivity contribution in [2.45, 2.75) is 20.0 Å². The van der Waals surface area contributed by atoms with Gasteiger partial charge in [0.15, 0.2) is 11.5 Å².